The van der Waals surface area contributed by atoms with E-state index in [4.69, 9.17) is 23.2 Å². The number of anilines is 3. The van der Waals surface area contributed by atoms with Crippen molar-refractivity contribution in [3.63, 3.8) is 0 Å². The molecule has 0 atom stereocenters. The van der Waals surface area contributed by atoms with Crippen LogP contribution in [0.1, 0.15) is 20.7 Å². The van der Waals surface area contributed by atoms with Crippen molar-refractivity contribution in [2.24, 2.45) is 0 Å². The Bertz CT molecular complexity index is 990. The summed E-state index contributed by atoms with van der Waals surface area (Å²) in [4.78, 5) is 23.9. The Morgan fingerprint density at radius 1 is 0.741 bits per heavy atom. The molecule has 0 bridgehead atoms. The molecular formula is C20H14Cl2N2O3. The van der Waals surface area contributed by atoms with Gasteiger partial charge >= 0.3 is 5.97 Å². The van der Waals surface area contributed by atoms with Crippen LogP contribution in [-0.2, 0) is 0 Å². The Kier molecular flexibility index (Phi) is 5.64. The lowest BCUT2D eigenvalue weighted by molar-refractivity contribution is 0.0692. The molecule has 3 aromatic rings. The molecule has 1 amide bonds. The molecule has 0 fully saturated rings. The number of hydrogen-bond acceptors (Lipinski definition) is 3. The first-order chi connectivity index (χ1) is 12.9. The first-order valence-corrected chi connectivity index (χ1v) is 8.65. The van der Waals surface area contributed by atoms with Gasteiger partial charge in [-0.2, -0.15) is 0 Å². The Balaban J connectivity index is 1.77. The Hall–Kier alpha value is -3.02. The summed E-state index contributed by atoms with van der Waals surface area (Å²) in [6.45, 7) is 0. The molecule has 3 N–H and O–H groups in total. The number of carbonyl (C=O) groups is 2. The molecule has 0 aliphatic carbocycles. The summed E-state index contributed by atoms with van der Waals surface area (Å²) >= 11 is 11.8. The van der Waals surface area contributed by atoms with Crippen molar-refractivity contribution in [3.8, 4) is 0 Å². The molecule has 0 aromatic heterocycles. The Morgan fingerprint density at radius 2 is 1.26 bits per heavy atom. The van der Waals surface area contributed by atoms with E-state index in [0.29, 0.717) is 5.69 Å². The molecule has 0 saturated carbocycles. The fraction of sp³-hybridized carbons (Fsp3) is 0. The summed E-state index contributed by atoms with van der Waals surface area (Å²) in [6.07, 6.45) is 0. The molecule has 0 heterocycles. The van der Waals surface area contributed by atoms with E-state index in [9.17, 15) is 14.7 Å². The first kappa shape index (κ1) is 18.8. The van der Waals surface area contributed by atoms with Crippen LogP contribution in [0.2, 0.25) is 10.0 Å². The van der Waals surface area contributed by atoms with Crippen LogP contribution in [0.5, 0.6) is 0 Å². The van der Waals surface area contributed by atoms with Crippen molar-refractivity contribution >= 4 is 52.1 Å². The third-order valence-electron chi connectivity index (χ3n) is 3.74. The zero-order valence-electron chi connectivity index (χ0n) is 13.9. The molecule has 0 aliphatic heterocycles. The lowest BCUT2D eigenvalue weighted by atomic mass is 10.1. The summed E-state index contributed by atoms with van der Waals surface area (Å²) in [7, 11) is 0. The quantitative estimate of drug-likeness (QED) is 0.514. The van der Waals surface area contributed by atoms with E-state index in [1.807, 2.05) is 30.3 Å². The van der Waals surface area contributed by atoms with Crippen molar-refractivity contribution in [1.82, 2.24) is 0 Å². The van der Waals surface area contributed by atoms with E-state index in [1.54, 1.807) is 24.3 Å². The minimum Gasteiger partial charge on any atom is -0.478 e. The average molecular weight is 401 g/mol. The van der Waals surface area contributed by atoms with E-state index in [0.717, 1.165) is 17.4 Å². The highest BCUT2D eigenvalue weighted by molar-refractivity contribution is 6.42. The highest BCUT2D eigenvalue weighted by Gasteiger charge is 2.19. The number of carboxylic acids is 1. The monoisotopic (exact) mass is 400 g/mol. The zero-order valence-corrected chi connectivity index (χ0v) is 15.4. The zero-order chi connectivity index (χ0) is 19.4. The van der Waals surface area contributed by atoms with Gasteiger partial charge in [-0.3, -0.25) is 4.79 Å². The molecule has 0 unspecified atom stereocenters. The molecule has 0 spiro atoms. The molecule has 3 aromatic carbocycles. The summed E-state index contributed by atoms with van der Waals surface area (Å²) in [5, 5.41) is 15.4. The molecular weight excluding hydrogens is 387 g/mol. The van der Waals surface area contributed by atoms with E-state index in [2.05, 4.69) is 10.6 Å². The fourth-order valence-corrected chi connectivity index (χ4v) is 2.76. The lowest BCUT2D eigenvalue weighted by Gasteiger charge is -2.11. The van der Waals surface area contributed by atoms with Crippen molar-refractivity contribution in [1.29, 1.82) is 0 Å². The Morgan fingerprint density at radius 3 is 1.85 bits per heavy atom. The van der Waals surface area contributed by atoms with Gasteiger partial charge in [-0.15, -0.1) is 0 Å². The molecule has 5 nitrogen and oxygen atoms in total. The number of rotatable bonds is 5. The van der Waals surface area contributed by atoms with Crippen LogP contribution in [0.3, 0.4) is 0 Å². The fourth-order valence-electron chi connectivity index (χ4n) is 2.44. The van der Waals surface area contributed by atoms with Crippen LogP contribution in [0.15, 0.2) is 66.7 Å². The number of amides is 1. The minimum atomic E-state index is -1.26. The normalized spacial score (nSPS) is 10.3. The molecule has 3 rings (SSSR count). The van der Waals surface area contributed by atoms with Gasteiger partial charge < -0.3 is 15.7 Å². The predicted molar refractivity (Wildman–Crippen MR) is 108 cm³/mol. The number of halogens is 2. The lowest BCUT2D eigenvalue weighted by Crippen LogP contribution is -2.16. The molecule has 0 radical (unpaired) electrons. The summed E-state index contributed by atoms with van der Waals surface area (Å²) < 4.78 is 0. The number of para-hydroxylation sites is 1. The standard InChI is InChI=1S/C20H14Cl2N2O3/c21-17-10-15(16(20(26)27)11-18(17)22)19(25)24-14-8-6-13(7-9-14)23-12-4-2-1-3-5-12/h1-11,23H,(H,24,25)(H,26,27). The summed E-state index contributed by atoms with van der Waals surface area (Å²) in [5.41, 5.74) is 2.02. The molecule has 7 heteroatoms. The first-order valence-electron chi connectivity index (χ1n) is 7.90. The highest BCUT2D eigenvalue weighted by atomic mass is 35.5. The highest BCUT2D eigenvalue weighted by Crippen LogP contribution is 2.27. The molecule has 0 saturated heterocycles. The number of hydrogen-bond donors (Lipinski definition) is 3. The van der Waals surface area contributed by atoms with Crippen LogP contribution >= 0.6 is 23.2 Å². The van der Waals surface area contributed by atoms with Gasteiger partial charge in [-0.1, -0.05) is 41.4 Å². The van der Waals surface area contributed by atoms with E-state index >= 15 is 0 Å². The van der Waals surface area contributed by atoms with Gasteiger partial charge in [-0.25, -0.2) is 4.79 Å². The third kappa shape index (κ3) is 4.58. The van der Waals surface area contributed by atoms with Crippen LogP contribution in [0, 0.1) is 0 Å². The SMILES string of the molecule is O=C(O)c1cc(Cl)c(Cl)cc1C(=O)Nc1ccc(Nc2ccccc2)cc1. The number of aromatic carboxylic acids is 1. The average Bonchev–Trinajstić information content (AvgIpc) is 2.66. The van der Waals surface area contributed by atoms with Gasteiger partial charge in [-0.05, 0) is 48.5 Å². The van der Waals surface area contributed by atoms with E-state index in [-0.39, 0.29) is 21.2 Å². The maximum atomic E-state index is 12.5. The van der Waals surface area contributed by atoms with Crippen molar-refractivity contribution in [2.45, 2.75) is 0 Å². The second-order valence-corrected chi connectivity index (χ2v) is 6.45. The smallest absolute Gasteiger partial charge is 0.336 e. The van der Waals surface area contributed by atoms with Gasteiger partial charge in [0.05, 0.1) is 21.2 Å². The maximum absolute atomic E-state index is 12.5. The van der Waals surface area contributed by atoms with Gasteiger partial charge in [0.1, 0.15) is 0 Å². The second-order valence-electron chi connectivity index (χ2n) is 5.64. The third-order valence-corrected chi connectivity index (χ3v) is 4.46. The van der Waals surface area contributed by atoms with Gasteiger partial charge in [0, 0.05) is 17.1 Å². The Labute approximate surface area is 165 Å². The number of carboxylic acid groups (broad SMARTS) is 1. The molecule has 27 heavy (non-hydrogen) atoms. The van der Waals surface area contributed by atoms with Crippen molar-refractivity contribution in [3.05, 3.63) is 87.9 Å². The minimum absolute atomic E-state index is 0.0663. The van der Waals surface area contributed by atoms with E-state index < -0.39 is 11.9 Å². The van der Waals surface area contributed by atoms with Crippen LogP contribution in [0.4, 0.5) is 17.1 Å². The van der Waals surface area contributed by atoms with Gasteiger partial charge in [0.15, 0.2) is 0 Å². The molecule has 136 valence electrons. The number of benzene rings is 3. The largest absolute Gasteiger partial charge is 0.478 e. The van der Waals surface area contributed by atoms with Crippen molar-refractivity contribution < 1.29 is 14.7 Å². The van der Waals surface area contributed by atoms with Crippen LogP contribution < -0.4 is 10.6 Å². The van der Waals surface area contributed by atoms with Crippen molar-refractivity contribution in [2.75, 3.05) is 10.6 Å². The van der Waals surface area contributed by atoms with Gasteiger partial charge in [0.2, 0.25) is 0 Å². The van der Waals surface area contributed by atoms with E-state index in [1.165, 1.54) is 6.07 Å². The maximum Gasteiger partial charge on any atom is 0.336 e. The van der Waals surface area contributed by atoms with Gasteiger partial charge in [0.25, 0.3) is 5.91 Å². The topological polar surface area (TPSA) is 78.4 Å². The summed E-state index contributed by atoms with van der Waals surface area (Å²) in [6, 6.07) is 19.1. The second kappa shape index (κ2) is 8.12. The number of carbonyl (C=O) groups excluding carboxylic acids is 1. The number of nitrogens with one attached hydrogen (secondary N) is 2. The summed E-state index contributed by atoms with van der Waals surface area (Å²) in [5.74, 6) is -1.85. The van der Waals surface area contributed by atoms with Crippen LogP contribution in [-0.4, -0.2) is 17.0 Å². The molecule has 0 aliphatic rings. The predicted octanol–water partition coefficient (Wildman–Crippen LogP) is 5.69. The van der Waals surface area contributed by atoms with Crippen LogP contribution in [0.25, 0.3) is 0 Å².